The number of carbonyl (C=O) groups is 1. The minimum Gasteiger partial charge on any atom is -0.497 e. The van der Waals surface area contributed by atoms with Gasteiger partial charge in [0, 0.05) is 16.5 Å². The molecule has 0 aliphatic carbocycles. The Bertz CT molecular complexity index is 1610. The summed E-state index contributed by atoms with van der Waals surface area (Å²) >= 11 is 0. The van der Waals surface area contributed by atoms with E-state index in [1.54, 1.807) is 14.0 Å². The van der Waals surface area contributed by atoms with Gasteiger partial charge in [0.2, 0.25) is 0 Å². The number of methoxy groups -OCH3 is 1. The van der Waals surface area contributed by atoms with Crippen molar-refractivity contribution in [2.75, 3.05) is 7.11 Å². The van der Waals surface area contributed by atoms with Crippen LogP contribution in [0.5, 0.6) is 5.75 Å². The molecule has 0 aliphatic heterocycles. The fourth-order valence-electron chi connectivity index (χ4n) is 4.19. The monoisotopic (exact) mass is 452 g/mol. The first-order valence-electron chi connectivity index (χ1n) is 11.0. The van der Waals surface area contributed by atoms with Gasteiger partial charge < -0.3 is 4.74 Å². The minimum absolute atomic E-state index is 0.134. The maximum atomic E-state index is 13.6. The summed E-state index contributed by atoms with van der Waals surface area (Å²) in [5.74, 6) is 1.01. The number of ketones is 1. The van der Waals surface area contributed by atoms with E-state index in [4.69, 9.17) is 4.74 Å². The Morgan fingerprint density at radius 2 is 1.71 bits per heavy atom. The number of carbonyl (C=O) groups excluding carboxylic acids is 1. The van der Waals surface area contributed by atoms with Crippen LogP contribution in [0.15, 0.2) is 71.5 Å². The van der Waals surface area contributed by atoms with Gasteiger partial charge in [0.1, 0.15) is 5.75 Å². The first-order valence-corrected chi connectivity index (χ1v) is 11.0. The average molecular weight is 453 g/mol. The van der Waals surface area contributed by atoms with E-state index in [2.05, 4.69) is 10.1 Å². The Balaban J connectivity index is 1.69. The number of nitrogens with zero attached hydrogens (tertiary/aromatic N) is 4. The highest BCUT2D eigenvalue weighted by Crippen LogP contribution is 2.25. The van der Waals surface area contributed by atoms with E-state index >= 15 is 0 Å². The first-order chi connectivity index (χ1) is 16.4. The zero-order valence-corrected chi connectivity index (χ0v) is 19.4. The topological polar surface area (TPSA) is 78.5 Å². The summed E-state index contributed by atoms with van der Waals surface area (Å²) < 4.78 is 8.01. The van der Waals surface area contributed by atoms with Gasteiger partial charge in [-0.25, -0.2) is 9.78 Å². The molecule has 7 heteroatoms. The number of fused-ring (bicyclic) bond motifs is 3. The Hall–Kier alpha value is -4.26. The van der Waals surface area contributed by atoms with Crippen molar-refractivity contribution in [3.8, 4) is 17.1 Å². The van der Waals surface area contributed by atoms with Crippen molar-refractivity contribution >= 4 is 22.3 Å². The number of ether oxygens (including phenoxy) is 1. The highest BCUT2D eigenvalue weighted by molar-refractivity contribution is 6.00. The van der Waals surface area contributed by atoms with Gasteiger partial charge >= 0.3 is 5.69 Å². The second-order valence-electron chi connectivity index (χ2n) is 8.41. The molecule has 7 nitrogen and oxygen atoms in total. The van der Waals surface area contributed by atoms with E-state index in [-0.39, 0.29) is 5.78 Å². The molecular formula is C27H24N4O3. The molecule has 0 amide bonds. The van der Waals surface area contributed by atoms with Crippen molar-refractivity contribution in [2.24, 2.45) is 0 Å². The van der Waals surface area contributed by atoms with E-state index in [1.807, 2.05) is 80.6 Å². The molecule has 0 saturated heterocycles. The summed E-state index contributed by atoms with van der Waals surface area (Å²) in [6.45, 7) is 5.73. The highest BCUT2D eigenvalue weighted by atomic mass is 16.5. The van der Waals surface area contributed by atoms with E-state index in [0.717, 1.165) is 27.8 Å². The van der Waals surface area contributed by atoms with Gasteiger partial charge in [-0.1, -0.05) is 24.3 Å². The molecule has 2 heterocycles. The van der Waals surface area contributed by atoms with Crippen LogP contribution in [-0.2, 0) is 0 Å². The number of para-hydroxylation sites is 1. The summed E-state index contributed by atoms with van der Waals surface area (Å²) in [5.41, 5.74) is 4.16. The number of aryl methyl sites for hydroxylation is 2. The van der Waals surface area contributed by atoms with Crippen molar-refractivity contribution in [3.63, 3.8) is 0 Å². The summed E-state index contributed by atoms with van der Waals surface area (Å²) in [7, 11) is 1.60. The predicted molar refractivity (Wildman–Crippen MR) is 132 cm³/mol. The Kier molecular flexibility index (Phi) is 5.24. The molecule has 5 aromatic rings. The van der Waals surface area contributed by atoms with Crippen LogP contribution in [0.1, 0.15) is 34.5 Å². The average Bonchev–Trinajstić information content (AvgIpc) is 3.31. The van der Waals surface area contributed by atoms with Crippen LogP contribution in [-0.4, -0.2) is 32.1 Å². The van der Waals surface area contributed by atoms with Crippen molar-refractivity contribution in [3.05, 3.63) is 93.9 Å². The zero-order valence-electron chi connectivity index (χ0n) is 19.4. The fraction of sp³-hybridized carbons (Fsp3) is 0.185. The lowest BCUT2D eigenvalue weighted by Gasteiger charge is -2.17. The van der Waals surface area contributed by atoms with Crippen LogP contribution in [0.4, 0.5) is 0 Å². The van der Waals surface area contributed by atoms with Gasteiger partial charge in [0.25, 0.3) is 0 Å². The van der Waals surface area contributed by atoms with Gasteiger partial charge in [-0.15, -0.1) is 5.10 Å². The van der Waals surface area contributed by atoms with Crippen LogP contribution in [0.25, 0.3) is 27.9 Å². The smallest absolute Gasteiger partial charge is 0.351 e. The van der Waals surface area contributed by atoms with Gasteiger partial charge in [-0.2, -0.15) is 4.52 Å². The van der Waals surface area contributed by atoms with Gasteiger partial charge in [-0.3, -0.25) is 9.36 Å². The summed E-state index contributed by atoms with van der Waals surface area (Å²) in [6, 6.07) is 19.7. The maximum Gasteiger partial charge on any atom is 0.351 e. The lowest BCUT2D eigenvalue weighted by Crippen LogP contribution is -2.33. The Labute approximate surface area is 196 Å². The van der Waals surface area contributed by atoms with Crippen LogP contribution >= 0.6 is 0 Å². The molecule has 2 aromatic heterocycles. The normalized spacial score (nSPS) is 12.2. The molecule has 0 N–H and O–H groups in total. The van der Waals surface area contributed by atoms with Gasteiger partial charge in [-0.05, 0) is 74.4 Å². The first kappa shape index (κ1) is 21.6. The number of Topliss-reactive ketones (excluding diaryl/α,β-unsaturated/α-hetero) is 1. The molecular weight excluding hydrogens is 428 g/mol. The van der Waals surface area contributed by atoms with Crippen LogP contribution in [0, 0.1) is 13.8 Å². The predicted octanol–water partition coefficient (Wildman–Crippen LogP) is 4.78. The summed E-state index contributed by atoms with van der Waals surface area (Å²) in [5, 5.41) is 5.25. The van der Waals surface area contributed by atoms with E-state index in [0.29, 0.717) is 22.6 Å². The molecule has 0 saturated carbocycles. The largest absolute Gasteiger partial charge is 0.497 e. The minimum atomic E-state index is -0.724. The van der Waals surface area contributed by atoms with Crippen LogP contribution in [0.3, 0.4) is 0 Å². The number of benzene rings is 3. The molecule has 0 radical (unpaired) electrons. The lowest BCUT2D eigenvalue weighted by atomic mass is 10.00. The van der Waals surface area contributed by atoms with E-state index < -0.39 is 11.7 Å². The van der Waals surface area contributed by atoms with Crippen molar-refractivity contribution in [1.29, 1.82) is 0 Å². The number of rotatable bonds is 5. The molecule has 0 fully saturated rings. The van der Waals surface area contributed by atoms with Crippen molar-refractivity contribution in [1.82, 2.24) is 19.2 Å². The zero-order chi connectivity index (χ0) is 24.0. The molecule has 5 rings (SSSR count). The Morgan fingerprint density at radius 3 is 2.41 bits per heavy atom. The van der Waals surface area contributed by atoms with E-state index in [1.165, 1.54) is 9.08 Å². The Morgan fingerprint density at radius 1 is 0.971 bits per heavy atom. The molecule has 3 aromatic carbocycles. The van der Waals surface area contributed by atoms with Crippen LogP contribution in [0.2, 0.25) is 0 Å². The summed E-state index contributed by atoms with van der Waals surface area (Å²) in [6.07, 6.45) is 0. The van der Waals surface area contributed by atoms with Crippen LogP contribution < -0.4 is 10.4 Å². The number of aromatic nitrogens is 4. The molecule has 1 atom stereocenters. The second-order valence-corrected chi connectivity index (χ2v) is 8.41. The van der Waals surface area contributed by atoms with Gasteiger partial charge in [0.15, 0.2) is 17.3 Å². The van der Waals surface area contributed by atoms with E-state index in [9.17, 15) is 9.59 Å². The third-order valence-electron chi connectivity index (χ3n) is 6.31. The quantitative estimate of drug-likeness (QED) is 0.359. The molecule has 0 bridgehead atoms. The molecule has 34 heavy (non-hydrogen) atoms. The third kappa shape index (κ3) is 3.46. The number of hydrogen-bond acceptors (Lipinski definition) is 5. The molecule has 0 aliphatic rings. The second kappa shape index (κ2) is 8.26. The molecule has 0 unspecified atom stereocenters. The molecule has 0 spiro atoms. The standard InChI is InChI=1S/C27H24N4O3/c1-16-9-10-20(15-17(16)2)24(32)18(3)30-23-8-6-5-7-22(23)26-28-25(29-31(26)27(30)33)19-11-13-21(34-4)14-12-19/h5-15,18H,1-4H3/t18-/m0/s1. The fourth-order valence-corrected chi connectivity index (χ4v) is 4.19. The van der Waals surface area contributed by atoms with Crippen molar-refractivity contribution in [2.45, 2.75) is 26.8 Å². The highest BCUT2D eigenvalue weighted by Gasteiger charge is 2.24. The SMILES string of the molecule is COc1ccc(-c2nc3c4ccccc4n([C@@H](C)C(=O)c4ccc(C)c(C)c4)c(=O)n3n2)cc1. The number of hydrogen-bond donors (Lipinski definition) is 0. The maximum absolute atomic E-state index is 13.6. The summed E-state index contributed by atoms with van der Waals surface area (Å²) in [4.78, 5) is 31.7. The van der Waals surface area contributed by atoms with Crippen molar-refractivity contribution < 1.29 is 9.53 Å². The molecule has 170 valence electrons. The van der Waals surface area contributed by atoms with Gasteiger partial charge in [0.05, 0.1) is 18.7 Å². The third-order valence-corrected chi connectivity index (χ3v) is 6.31. The lowest BCUT2D eigenvalue weighted by molar-refractivity contribution is 0.0934.